The summed E-state index contributed by atoms with van der Waals surface area (Å²) in [5.41, 5.74) is -0.865. The number of halogens is 4. The molecule has 0 unspecified atom stereocenters. The Kier molecular flexibility index (Phi) is 6.89. The predicted molar refractivity (Wildman–Crippen MR) is 93.0 cm³/mol. The van der Waals surface area contributed by atoms with Gasteiger partial charge in [0.2, 0.25) is 0 Å². The fraction of sp³-hybridized carbons (Fsp3) is 0.444. The molecule has 1 aromatic rings. The van der Waals surface area contributed by atoms with Crippen molar-refractivity contribution in [2.24, 2.45) is 0 Å². The molecule has 0 aliphatic carbocycles. The van der Waals surface area contributed by atoms with Crippen LogP contribution in [0.15, 0.2) is 24.3 Å². The maximum Gasteiger partial charge on any atom is 0.417 e. The third-order valence-electron chi connectivity index (χ3n) is 3.82. The van der Waals surface area contributed by atoms with Gasteiger partial charge in [0.25, 0.3) is 5.91 Å². The van der Waals surface area contributed by atoms with Crippen LogP contribution in [-0.2, 0) is 25.2 Å². The van der Waals surface area contributed by atoms with Crippen molar-refractivity contribution in [1.82, 2.24) is 4.90 Å². The Hall–Kier alpha value is -2.06. The lowest BCUT2D eigenvalue weighted by atomic mass is 10.1. The Morgan fingerprint density at radius 2 is 1.93 bits per heavy atom. The topological polar surface area (TPSA) is 55.8 Å². The van der Waals surface area contributed by atoms with E-state index in [-0.39, 0.29) is 23.7 Å². The van der Waals surface area contributed by atoms with Crippen molar-refractivity contribution in [1.29, 1.82) is 0 Å². The van der Waals surface area contributed by atoms with E-state index in [9.17, 15) is 22.8 Å². The van der Waals surface area contributed by atoms with Crippen LogP contribution in [0.2, 0.25) is 5.02 Å². The highest BCUT2D eigenvalue weighted by Gasteiger charge is 2.33. The van der Waals surface area contributed by atoms with Crippen molar-refractivity contribution < 1.29 is 32.2 Å². The van der Waals surface area contributed by atoms with Crippen LogP contribution in [0.1, 0.15) is 25.0 Å². The number of amides is 1. The van der Waals surface area contributed by atoms with E-state index >= 15 is 0 Å². The third kappa shape index (κ3) is 6.25. The monoisotopic (exact) mass is 405 g/mol. The molecule has 1 aromatic carbocycles. The van der Waals surface area contributed by atoms with Gasteiger partial charge in [0, 0.05) is 19.2 Å². The molecule has 1 aliphatic heterocycles. The van der Waals surface area contributed by atoms with Gasteiger partial charge in [-0.1, -0.05) is 17.7 Å². The molecule has 0 bridgehead atoms. The van der Waals surface area contributed by atoms with Crippen molar-refractivity contribution in [3.63, 3.8) is 0 Å². The highest BCUT2D eigenvalue weighted by molar-refractivity contribution is 6.31. The lowest BCUT2D eigenvalue weighted by molar-refractivity contribution is -0.154. The summed E-state index contributed by atoms with van der Waals surface area (Å²) in [4.78, 5) is 25.4. The molecule has 9 heteroatoms. The minimum atomic E-state index is -4.60. The van der Waals surface area contributed by atoms with Gasteiger partial charge in [0.05, 0.1) is 22.8 Å². The summed E-state index contributed by atoms with van der Waals surface area (Å²) in [7, 11) is 0. The summed E-state index contributed by atoms with van der Waals surface area (Å²) in [6.45, 7) is 4.04. The van der Waals surface area contributed by atoms with E-state index in [0.717, 1.165) is 24.3 Å². The molecular weight excluding hydrogens is 387 g/mol. The highest BCUT2D eigenvalue weighted by Crippen LogP contribution is 2.35. The maximum atomic E-state index is 12.8. The average molecular weight is 406 g/mol. The lowest BCUT2D eigenvalue weighted by Crippen LogP contribution is -2.49. The molecule has 1 aliphatic rings. The first-order valence-corrected chi connectivity index (χ1v) is 8.59. The van der Waals surface area contributed by atoms with Crippen molar-refractivity contribution in [2.45, 2.75) is 32.2 Å². The van der Waals surface area contributed by atoms with E-state index < -0.39 is 29.3 Å². The number of hydrogen-bond donors (Lipinski definition) is 0. The first kappa shape index (κ1) is 21.2. The second-order valence-electron chi connectivity index (χ2n) is 6.23. The molecular formula is C18H19ClF3NO4. The molecule has 27 heavy (non-hydrogen) atoms. The Morgan fingerprint density at radius 1 is 1.30 bits per heavy atom. The summed E-state index contributed by atoms with van der Waals surface area (Å²) in [6.07, 6.45) is -2.69. The van der Waals surface area contributed by atoms with Crippen LogP contribution in [-0.4, -0.2) is 48.7 Å². The molecule has 0 spiro atoms. The quantitative estimate of drug-likeness (QED) is 0.568. The second kappa shape index (κ2) is 8.75. The summed E-state index contributed by atoms with van der Waals surface area (Å²) >= 11 is 5.54. The molecule has 0 saturated carbocycles. The normalized spacial score (nSPS) is 20.7. The lowest BCUT2D eigenvalue weighted by Gasteiger charge is -2.35. The number of carbonyl (C=O) groups is 2. The van der Waals surface area contributed by atoms with Crippen LogP contribution < -0.4 is 0 Å². The molecule has 5 nitrogen and oxygen atoms in total. The molecule has 1 amide bonds. The van der Waals surface area contributed by atoms with Gasteiger partial charge in [-0.25, -0.2) is 4.79 Å². The number of rotatable bonds is 4. The van der Waals surface area contributed by atoms with Gasteiger partial charge >= 0.3 is 12.1 Å². The molecule has 0 N–H and O–H groups in total. The van der Waals surface area contributed by atoms with E-state index in [1.807, 2.05) is 13.8 Å². The predicted octanol–water partition coefficient (Wildman–Crippen LogP) is 3.55. The van der Waals surface area contributed by atoms with Crippen LogP contribution in [0.3, 0.4) is 0 Å². The van der Waals surface area contributed by atoms with Gasteiger partial charge in [0.15, 0.2) is 6.61 Å². The summed E-state index contributed by atoms with van der Waals surface area (Å²) in [5.74, 6) is -1.19. The maximum absolute atomic E-state index is 12.8. The van der Waals surface area contributed by atoms with Gasteiger partial charge in [-0.2, -0.15) is 13.2 Å². The number of nitrogens with zero attached hydrogens (tertiary/aromatic N) is 1. The molecule has 0 aromatic heterocycles. The second-order valence-corrected chi connectivity index (χ2v) is 6.64. The van der Waals surface area contributed by atoms with Crippen LogP contribution in [0, 0.1) is 0 Å². The Morgan fingerprint density at radius 3 is 2.52 bits per heavy atom. The van der Waals surface area contributed by atoms with E-state index in [1.165, 1.54) is 6.07 Å². The van der Waals surface area contributed by atoms with Gasteiger partial charge in [-0.15, -0.1) is 0 Å². The Labute approximate surface area is 159 Å². The zero-order chi connectivity index (χ0) is 20.2. The molecule has 1 fully saturated rings. The summed E-state index contributed by atoms with van der Waals surface area (Å²) in [5, 5.41) is -0.429. The Bertz CT molecular complexity index is 726. The standard InChI is InChI=1S/C18H19ClF3NO4/c1-11-8-23(9-12(2)27-11)16(24)10-26-17(25)6-4-13-3-5-15(19)14(7-13)18(20,21)22/h3-7,11-12H,8-10H2,1-2H3/b6-4+/t11-,12-/m1/s1. The van der Waals surface area contributed by atoms with Gasteiger partial charge in [0.1, 0.15) is 0 Å². The van der Waals surface area contributed by atoms with Gasteiger partial charge in [-0.05, 0) is 37.6 Å². The fourth-order valence-electron chi connectivity index (χ4n) is 2.68. The zero-order valence-electron chi connectivity index (χ0n) is 14.8. The first-order valence-electron chi connectivity index (χ1n) is 8.21. The molecule has 148 valence electrons. The van der Waals surface area contributed by atoms with Crippen molar-refractivity contribution in [3.8, 4) is 0 Å². The SMILES string of the molecule is C[C@@H]1CN(C(=O)COC(=O)/C=C/c2ccc(Cl)c(C(F)(F)F)c2)C[C@@H](C)O1. The van der Waals surface area contributed by atoms with E-state index in [2.05, 4.69) is 0 Å². The molecule has 2 atom stereocenters. The number of morpholine rings is 1. The first-order chi connectivity index (χ1) is 12.6. The fourth-order valence-corrected chi connectivity index (χ4v) is 2.91. The smallest absolute Gasteiger partial charge is 0.417 e. The van der Waals surface area contributed by atoms with Crippen molar-refractivity contribution in [3.05, 3.63) is 40.4 Å². The molecule has 2 rings (SSSR count). The summed E-state index contributed by atoms with van der Waals surface area (Å²) in [6, 6.07) is 3.26. The van der Waals surface area contributed by atoms with E-state index in [1.54, 1.807) is 4.90 Å². The number of ether oxygens (including phenoxy) is 2. The van der Waals surface area contributed by atoms with E-state index in [0.29, 0.717) is 13.1 Å². The zero-order valence-corrected chi connectivity index (χ0v) is 15.5. The number of esters is 1. The number of alkyl halides is 3. The van der Waals surface area contributed by atoms with Crippen molar-refractivity contribution >= 4 is 29.6 Å². The molecule has 1 heterocycles. The highest BCUT2D eigenvalue weighted by atomic mass is 35.5. The Balaban J connectivity index is 1.91. The molecule has 1 saturated heterocycles. The van der Waals surface area contributed by atoms with Gasteiger partial charge < -0.3 is 14.4 Å². The van der Waals surface area contributed by atoms with Crippen LogP contribution in [0.5, 0.6) is 0 Å². The minimum Gasteiger partial charge on any atom is -0.452 e. The number of hydrogen-bond acceptors (Lipinski definition) is 4. The minimum absolute atomic E-state index is 0.110. The molecule has 0 radical (unpaired) electrons. The van der Waals surface area contributed by atoms with Crippen LogP contribution >= 0.6 is 11.6 Å². The van der Waals surface area contributed by atoms with Crippen LogP contribution in [0.25, 0.3) is 6.08 Å². The average Bonchev–Trinajstić information content (AvgIpc) is 2.57. The largest absolute Gasteiger partial charge is 0.452 e. The number of benzene rings is 1. The number of carbonyl (C=O) groups excluding carboxylic acids is 2. The third-order valence-corrected chi connectivity index (χ3v) is 4.15. The van der Waals surface area contributed by atoms with E-state index in [4.69, 9.17) is 21.1 Å². The van der Waals surface area contributed by atoms with Crippen molar-refractivity contribution in [2.75, 3.05) is 19.7 Å². The van der Waals surface area contributed by atoms with Crippen LogP contribution in [0.4, 0.5) is 13.2 Å². The van der Waals surface area contributed by atoms with Gasteiger partial charge in [-0.3, -0.25) is 4.79 Å². The summed E-state index contributed by atoms with van der Waals surface area (Å²) < 4.78 is 48.8.